The van der Waals surface area contributed by atoms with Gasteiger partial charge in [0.1, 0.15) is 10.9 Å². The number of thiocarbonyl (C=S) groups is 1. The van der Waals surface area contributed by atoms with Gasteiger partial charge in [-0.25, -0.2) is 0 Å². The maximum atomic E-state index is 13.1. The lowest BCUT2D eigenvalue weighted by Crippen LogP contribution is -2.33. The topological polar surface area (TPSA) is 57.6 Å². The van der Waals surface area contributed by atoms with Gasteiger partial charge in [0, 0.05) is 4.88 Å². The monoisotopic (exact) mass is 497 g/mol. The molecule has 0 spiro atoms. The predicted molar refractivity (Wildman–Crippen MR) is 107 cm³/mol. The van der Waals surface area contributed by atoms with Gasteiger partial charge in [0.25, 0.3) is 5.91 Å². The number of hydrogen-bond acceptors (Lipinski definition) is 5. The van der Waals surface area contributed by atoms with E-state index in [4.69, 9.17) is 17.3 Å². The Labute approximate surface area is 184 Å². The molecule has 2 heterocycles. The lowest BCUT2D eigenvalue weighted by molar-refractivity contribution is -0.143. The van der Waals surface area contributed by atoms with Crippen molar-refractivity contribution in [2.24, 2.45) is 0 Å². The Morgan fingerprint density at radius 1 is 1.03 bits per heavy atom. The van der Waals surface area contributed by atoms with E-state index in [1.807, 2.05) is 0 Å². The number of aliphatic carboxylic acids is 1. The Morgan fingerprint density at radius 2 is 1.61 bits per heavy atom. The van der Waals surface area contributed by atoms with Gasteiger partial charge in [0.05, 0.1) is 16.0 Å². The van der Waals surface area contributed by atoms with Crippen molar-refractivity contribution in [1.82, 2.24) is 4.90 Å². The van der Waals surface area contributed by atoms with Gasteiger partial charge in [0.2, 0.25) is 0 Å². The zero-order valence-corrected chi connectivity index (χ0v) is 17.3. The second-order valence-electron chi connectivity index (χ2n) is 6.19. The molecule has 1 aliphatic heterocycles. The van der Waals surface area contributed by atoms with Crippen molar-refractivity contribution in [2.75, 3.05) is 6.54 Å². The number of carbonyl (C=O) groups is 2. The molecule has 1 amide bonds. The highest BCUT2D eigenvalue weighted by Gasteiger charge is 2.37. The van der Waals surface area contributed by atoms with Gasteiger partial charge in [-0.1, -0.05) is 24.0 Å². The van der Waals surface area contributed by atoms with Crippen LogP contribution in [0.4, 0.5) is 26.3 Å². The molecule has 1 N–H and O–H groups in total. The molecule has 1 aromatic carbocycles. The standard InChI is InChI=1S/C18H9F6NO3S3/c19-17(20,21)10-1-8(2-11(4-10)18(22,23)24)9-3-12(30-7-9)5-13-15(28)25(6-14(26)27)16(29)31-13/h1-5,7H,6H2,(H,26,27)/b13-5-. The van der Waals surface area contributed by atoms with Gasteiger partial charge < -0.3 is 5.11 Å². The first-order valence-electron chi connectivity index (χ1n) is 8.11. The van der Waals surface area contributed by atoms with E-state index >= 15 is 0 Å². The Kier molecular flexibility index (Phi) is 6.22. The highest BCUT2D eigenvalue weighted by molar-refractivity contribution is 8.26. The third-order valence-electron chi connectivity index (χ3n) is 3.98. The van der Waals surface area contributed by atoms with Crippen LogP contribution in [0.25, 0.3) is 17.2 Å². The zero-order valence-electron chi connectivity index (χ0n) is 14.9. The normalized spacial score (nSPS) is 16.5. The Bertz CT molecular complexity index is 1070. The quantitative estimate of drug-likeness (QED) is 0.332. The smallest absolute Gasteiger partial charge is 0.416 e. The Hall–Kier alpha value is -2.38. The second-order valence-corrected chi connectivity index (χ2v) is 8.81. The van der Waals surface area contributed by atoms with Gasteiger partial charge in [-0.05, 0) is 46.8 Å². The van der Waals surface area contributed by atoms with Crippen molar-refractivity contribution in [3.05, 3.63) is 50.6 Å². The molecule has 164 valence electrons. The molecule has 31 heavy (non-hydrogen) atoms. The molecule has 0 saturated carbocycles. The molecular formula is C18H9F6NO3S3. The number of halogens is 6. The summed E-state index contributed by atoms with van der Waals surface area (Å²) in [6.45, 7) is -0.623. The summed E-state index contributed by atoms with van der Waals surface area (Å²) in [4.78, 5) is 24.5. The third kappa shape index (κ3) is 5.28. The van der Waals surface area contributed by atoms with Crippen LogP contribution in [0.3, 0.4) is 0 Å². The van der Waals surface area contributed by atoms with Crippen LogP contribution in [0.15, 0.2) is 34.6 Å². The molecule has 1 aromatic heterocycles. The number of amides is 1. The highest BCUT2D eigenvalue weighted by atomic mass is 32.2. The number of alkyl halides is 6. The lowest BCUT2D eigenvalue weighted by atomic mass is 10.0. The number of carboxylic acids is 1. The summed E-state index contributed by atoms with van der Waals surface area (Å²) in [5.41, 5.74) is -3.04. The van der Waals surface area contributed by atoms with Crippen LogP contribution >= 0.6 is 35.3 Å². The first-order valence-corrected chi connectivity index (χ1v) is 10.2. The third-order valence-corrected chi connectivity index (χ3v) is 6.24. The number of thioether (sulfide) groups is 1. The van der Waals surface area contributed by atoms with E-state index in [0.29, 0.717) is 17.0 Å². The largest absolute Gasteiger partial charge is 0.480 e. The molecule has 0 atom stereocenters. The summed E-state index contributed by atoms with van der Waals surface area (Å²) in [7, 11) is 0. The van der Waals surface area contributed by atoms with Crippen molar-refractivity contribution >= 4 is 57.6 Å². The summed E-state index contributed by atoms with van der Waals surface area (Å²) in [6.07, 6.45) is -8.58. The van der Waals surface area contributed by atoms with Crippen LogP contribution in [-0.4, -0.2) is 32.7 Å². The van der Waals surface area contributed by atoms with E-state index in [1.54, 1.807) is 0 Å². The average Bonchev–Trinajstić information content (AvgIpc) is 3.20. The number of nitrogens with zero attached hydrogens (tertiary/aromatic N) is 1. The van der Waals surface area contributed by atoms with Crippen molar-refractivity contribution < 1.29 is 41.0 Å². The van der Waals surface area contributed by atoms with Crippen molar-refractivity contribution in [3.63, 3.8) is 0 Å². The summed E-state index contributed by atoms with van der Waals surface area (Å²) in [5.74, 6) is -1.91. The SMILES string of the molecule is O=C(O)CN1C(=O)/C(=C/c2cc(-c3cc(C(F)(F)F)cc(C(F)(F)F)c3)cs2)SC1=S. The Balaban J connectivity index is 1.96. The summed E-state index contributed by atoms with van der Waals surface area (Å²) in [5, 5.41) is 10.2. The molecule has 2 aromatic rings. The van der Waals surface area contributed by atoms with Crippen molar-refractivity contribution in [1.29, 1.82) is 0 Å². The first-order chi connectivity index (χ1) is 14.3. The molecule has 0 bridgehead atoms. The van der Waals surface area contributed by atoms with Gasteiger partial charge >= 0.3 is 18.3 Å². The number of rotatable bonds is 4. The fourth-order valence-electron chi connectivity index (χ4n) is 2.60. The zero-order chi connectivity index (χ0) is 23.1. The molecule has 1 fully saturated rings. The minimum atomic E-state index is -4.97. The molecule has 3 rings (SSSR count). The molecule has 0 aliphatic carbocycles. The van der Waals surface area contributed by atoms with E-state index < -0.39 is 41.9 Å². The van der Waals surface area contributed by atoms with Gasteiger partial charge in [0.15, 0.2) is 0 Å². The Morgan fingerprint density at radius 3 is 2.13 bits per heavy atom. The van der Waals surface area contributed by atoms with Gasteiger partial charge in [-0.15, -0.1) is 11.3 Å². The molecule has 1 aliphatic rings. The van der Waals surface area contributed by atoms with Crippen molar-refractivity contribution in [2.45, 2.75) is 12.4 Å². The number of thiophene rings is 1. The van der Waals surface area contributed by atoms with Crippen LogP contribution in [0, 0.1) is 0 Å². The minimum Gasteiger partial charge on any atom is -0.480 e. The van der Waals surface area contributed by atoms with Crippen LogP contribution in [-0.2, 0) is 21.9 Å². The van der Waals surface area contributed by atoms with Gasteiger partial charge in [-0.3, -0.25) is 14.5 Å². The molecule has 0 unspecified atom stereocenters. The van der Waals surface area contributed by atoms with E-state index in [0.717, 1.165) is 28.0 Å². The second kappa shape index (κ2) is 8.28. The number of carbonyl (C=O) groups excluding carboxylic acids is 1. The highest BCUT2D eigenvalue weighted by Crippen LogP contribution is 2.40. The molecule has 13 heteroatoms. The summed E-state index contributed by atoms with van der Waals surface area (Å²) in [6, 6.07) is 2.62. The van der Waals surface area contributed by atoms with Crippen molar-refractivity contribution in [3.8, 4) is 11.1 Å². The molecular weight excluding hydrogens is 488 g/mol. The molecule has 4 nitrogen and oxygen atoms in total. The number of carboxylic acid groups (broad SMARTS) is 1. The maximum absolute atomic E-state index is 13.1. The molecule has 0 radical (unpaired) electrons. The van der Waals surface area contributed by atoms with Crippen LogP contribution in [0.1, 0.15) is 16.0 Å². The predicted octanol–water partition coefficient (Wildman–Crippen LogP) is 5.74. The maximum Gasteiger partial charge on any atom is 0.416 e. The van der Waals surface area contributed by atoms with E-state index in [1.165, 1.54) is 17.5 Å². The average molecular weight is 497 g/mol. The van der Waals surface area contributed by atoms with Crippen LogP contribution in [0.5, 0.6) is 0 Å². The minimum absolute atomic E-state index is 0.0307. The first kappa shape index (κ1) is 23.3. The van der Waals surface area contributed by atoms with E-state index in [-0.39, 0.29) is 26.4 Å². The lowest BCUT2D eigenvalue weighted by Gasteiger charge is -2.13. The number of benzene rings is 1. The molecule has 1 saturated heterocycles. The van der Waals surface area contributed by atoms with Gasteiger partial charge in [-0.2, -0.15) is 26.3 Å². The number of hydrogen-bond donors (Lipinski definition) is 1. The summed E-state index contributed by atoms with van der Waals surface area (Å²) < 4.78 is 78.4. The van der Waals surface area contributed by atoms with E-state index in [9.17, 15) is 35.9 Å². The fourth-order valence-corrected chi connectivity index (χ4v) is 4.77. The van der Waals surface area contributed by atoms with Crippen LogP contribution in [0.2, 0.25) is 0 Å². The van der Waals surface area contributed by atoms with Crippen LogP contribution < -0.4 is 0 Å². The van der Waals surface area contributed by atoms with E-state index in [2.05, 4.69) is 0 Å². The fraction of sp³-hybridized carbons (Fsp3) is 0.167. The summed E-state index contributed by atoms with van der Waals surface area (Å²) >= 11 is 6.81.